The summed E-state index contributed by atoms with van der Waals surface area (Å²) in [6, 6.07) is 4.32. The van der Waals surface area contributed by atoms with Crippen molar-refractivity contribution in [2.75, 3.05) is 5.32 Å². The van der Waals surface area contributed by atoms with E-state index < -0.39 is 0 Å². The second-order valence-electron chi connectivity index (χ2n) is 4.96. The molecule has 0 aliphatic heterocycles. The van der Waals surface area contributed by atoms with Crippen LogP contribution in [0.3, 0.4) is 0 Å². The molecule has 0 saturated heterocycles. The number of anilines is 1. The van der Waals surface area contributed by atoms with Crippen molar-refractivity contribution in [3.05, 3.63) is 24.5 Å². The smallest absolute Gasteiger partial charge is 0.157 e. The number of aromatic nitrogens is 3. The summed E-state index contributed by atoms with van der Waals surface area (Å²) in [7, 11) is 0. The zero-order valence-corrected chi connectivity index (χ0v) is 10.7. The Morgan fingerprint density at radius 1 is 1.24 bits per heavy atom. The number of nitrogens with one attached hydrogen (secondary N) is 1. The van der Waals surface area contributed by atoms with Crippen molar-refractivity contribution < 1.29 is 0 Å². The topological polar surface area (TPSA) is 42.2 Å². The maximum Gasteiger partial charge on any atom is 0.157 e. The molecule has 1 atom stereocenters. The van der Waals surface area contributed by atoms with Gasteiger partial charge in [0.1, 0.15) is 5.82 Å². The molecule has 0 radical (unpaired) electrons. The van der Waals surface area contributed by atoms with Gasteiger partial charge < -0.3 is 5.32 Å². The molecule has 0 bridgehead atoms. The van der Waals surface area contributed by atoms with Crippen LogP contribution in [0.2, 0.25) is 0 Å². The molecule has 4 nitrogen and oxygen atoms in total. The third-order valence-corrected chi connectivity index (χ3v) is 2.83. The standard InChI is InChI=1S/C13H20N4/c1-10(2)4-5-11(3)15-12-7-9-17-13(16-12)6-8-14-17/h6-11H,4-5H2,1-3H3,(H,15,16). The van der Waals surface area contributed by atoms with Crippen LogP contribution in [0.1, 0.15) is 33.6 Å². The maximum atomic E-state index is 4.49. The monoisotopic (exact) mass is 232 g/mol. The molecule has 92 valence electrons. The Morgan fingerprint density at radius 3 is 2.82 bits per heavy atom. The molecule has 0 amide bonds. The number of rotatable bonds is 5. The van der Waals surface area contributed by atoms with E-state index in [1.807, 2.05) is 18.3 Å². The van der Waals surface area contributed by atoms with Gasteiger partial charge in [-0.3, -0.25) is 0 Å². The molecule has 4 heteroatoms. The van der Waals surface area contributed by atoms with E-state index in [9.17, 15) is 0 Å². The fourth-order valence-corrected chi connectivity index (χ4v) is 1.80. The molecule has 2 rings (SSSR count). The fraction of sp³-hybridized carbons (Fsp3) is 0.538. The second kappa shape index (κ2) is 5.17. The second-order valence-corrected chi connectivity index (χ2v) is 4.96. The SMILES string of the molecule is CC(C)CCC(C)Nc1ccn2nccc2n1. The quantitative estimate of drug-likeness (QED) is 0.861. The number of hydrogen-bond donors (Lipinski definition) is 1. The maximum absolute atomic E-state index is 4.49. The Balaban J connectivity index is 1.97. The third-order valence-electron chi connectivity index (χ3n) is 2.83. The molecule has 0 fully saturated rings. The van der Waals surface area contributed by atoms with E-state index in [4.69, 9.17) is 0 Å². The average Bonchev–Trinajstić information content (AvgIpc) is 2.73. The highest BCUT2D eigenvalue weighted by Crippen LogP contribution is 2.12. The van der Waals surface area contributed by atoms with Crippen LogP contribution in [-0.2, 0) is 0 Å². The van der Waals surface area contributed by atoms with E-state index in [1.165, 1.54) is 12.8 Å². The van der Waals surface area contributed by atoms with E-state index in [1.54, 1.807) is 10.7 Å². The zero-order valence-electron chi connectivity index (χ0n) is 10.7. The van der Waals surface area contributed by atoms with Crippen molar-refractivity contribution >= 4 is 11.5 Å². The third kappa shape index (κ3) is 3.19. The van der Waals surface area contributed by atoms with Crippen molar-refractivity contribution in [3.8, 4) is 0 Å². The lowest BCUT2D eigenvalue weighted by molar-refractivity contribution is 0.527. The van der Waals surface area contributed by atoms with Crippen LogP contribution in [0, 0.1) is 5.92 Å². The molecule has 0 spiro atoms. The van der Waals surface area contributed by atoms with Crippen LogP contribution in [0.5, 0.6) is 0 Å². The van der Waals surface area contributed by atoms with Crippen LogP contribution in [0.4, 0.5) is 5.82 Å². The highest BCUT2D eigenvalue weighted by molar-refractivity contribution is 5.45. The molecule has 0 aliphatic carbocycles. The van der Waals surface area contributed by atoms with Gasteiger partial charge in [-0.2, -0.15) is 5.10 Å². The first kappa shape index (κ1) is 11.9. The number of fused-ring (bicyclic) bond motifs is 1. The van der Waals surface area contributed by atoms with Gasteiger partial charge in [-0.15, -0.1) is 0 Å². The first-order valence-electron chi connectivity index (χ1n) is 6.22. The molecule has 1 unspecified atom stereocenters. The molecule has 1 N–H and O–H groups in total. The fourth-order valence-electron chi connectivity index (χ4n) is 1.80. The molecule has 17 heavy (non-hydrogen) atoms. The van der Waals surface area contributed by atoms with Crippen molar-refractivity contribution in [2.45, 2.75) is 39.7 Å². The normalized spacial score (nSPS) is 13.2. The highest BCUT2D eigenvalue weighted by Gasteiger charge is 2.05. The molecular weight excluding hydrogens is 212 g/mol. The number of nitrogens with zero attached hydrogens (tertiary/aromatic N) is 3. The summed E-state index contributed by atoms with van der Waals surface area (Å²) in [5, 5.41) is 7.55. The Hall–Kier alpha value is -1.58. The summed E-state index contributed by atoms with van der Waals surface area (Å²) >= 11 is 0. The Bertz CT molecular complexity index is 475. The summed E-state index contributed by atoms with van der Waals surface area (Å²) in [5.41, 5.74) is 0.881. The largest absolute Gasteiger partial charge is 0.368 e. The zero-order chi connectivity index (χ0) is 12.3. The van der Waals surface area contributed by atoms with Gasteiger partial charge in [0.2, 0.25) is 0 Å². The van der Waals surface area contributed by atoms with E-state index in [0.29, 0.717) is 6.04 Å². The first-order valence-corrected chi connectivity index (χ1v) is 6.22. The molecular formula is C13H20N4. The van der Waals surface area contributed by atoms with E-state index in [-0.39, 0.29) is 0 Å². The molecule has 2 aromatic rings. The van der Waals surface area contributed by atoms with Crippen molar-refractivity contribution in [1.82, 2.24) is 14.6 Å². The minimum Gasteiger partial charge on any atom is -0.368 e. The summed E-state index contributed by atoms with van der Waals surface area (Å²) in [6.07, 6.45) is 6.10. The van der Waals surface area contributed by atoms with Crippen LogP contribution in [-0.4, -0.2) is 20.6 Å². The van der Waals surface area contributed by atoms with Crippen LogP contribution in [0.25, 0.3) is 5.65 Å². The van der Waals surface area contributed by atoms with E-state index in [0.717, 1.165) is 17.4 Å². The summed E-state index contributed by atoms with van der Waals surface area (Å²) < 4.78 is 1.77. The van der Waals surface area contributed by atoms with Gasteiger partial charge in [-0.05, 0) is 31.7 Å². The molecule has 0 saturated carbocycles. The first-order chi connectivity index (χ1) is 8.15. The van der Waals surface area contributed by atoms with Gasteiger partial charge in [-0.25, -0.2) is 9.50 Å². The Morgan fingerprint density at radius 2 is 2.06 bits per heavy atom. The Kier molecular flexibility index (Phi) is 3.61. The lowest BCUT2D eigenvalue weighted by atomic mass is 10.0. The van der Waals surface area contributed by atoms with Crippen LogP contribution < -0.4 is 5.32 Å². The predicted molar refractivity (Wildman–Crippen MR) is 70.1 cm³/mol. The molecule has 0 aliphatic rings. The summed E-state index contributed by atoms with van der Waals surface area (Å²) in [6.45, 7) is 6.71. The lowest BCUT2D eigenvalue weighted by Gasteiger charge is -2.15. The van der Waals surface area contributed by atoms with Crippen LogP contribution in [0.15, 0.2) is 24.5 Å². The Labute approximate surface area is 102 Å². The van der Waals surface area contributed by atoms with Crippen molar-refractivity contribution in [3.63, 3.8) is 0 Å². The summed E-state index contributed by atoms with van der Waals surface area (Å²) in [5.74, 6) is 1.68. The molecule has 0 aromatic carbocycles. The summed E-state index contributed by atoms with van der Waals surface area (Å²) in [4.78, 5) is 4.49. The minimum atomic E-state index is 0.454. The highest BCUT2D eigenvalue weighted by atomic mass is 15.2. The molecule has 2 heterocycles. The van der Waals surface area contributed by atoms with Gasteiger partial charge in [0, 0.05) is 18.3 Å². The van der Waals surface area contributed by atoms with Crippen LogP contribution >= 0.6 is 0 Å². The van der Waals surface area contributed by atoms with Gasteiger partial charge in [0.05, 0.1) is 6.20 Å². The van der Waals surface area contributed by atoms with Gasteiger partial charge in [0.25, 0.3) is 0 Å². The van der Waals surface area contributed by atoms with Gasteiger partial charge >= 0.3 is 0 Å². The van der Waals surface area contributed by atoms with E-state index >= 15 is 0 Å². The lowest BCUT2D eigenvalue weighted by Crippen LogP contribution is -2.16. The average molecular weight is 232 g/mol. The van der Waals surface area contributed by atoms with Gasteiger partial charge in [0.15, 0.2) is 5.65 Å². The number of hydrogen-bond acceptors (Lipinski definition) is 3. The predicted octanol–water partition coefficient (Wildman–Crippen LogP) is 2.97. The minimum absolute atomic E-state index is 0.454. The molecule has 2 aromatic heterocycles. The van der Waals surface area contributed by atoms with E-state index in [2.05, 4.69) is 36.2 Å². The van der Waals surface area contributed by atoms with Crippen molar-refractivity contribution in [2.24, 2.45) is 5.92 Å². The van der Waals surface area contributed by atoms with Crippen molar-refractivity contribution in [1.29, 1.82) is 0 Å². The van der Waals surface area contributed by atoms with Gasteiger partial charge in [-0.1, -0.05) is 13.8 Å².